The Kier molecular flexibility index (Phi) is 5.64. The second-order valence-corrected chi connectivity index (χ2v) is 9.01. The summed E-state index contributed by atoms with van der Waals surface area (Å²) in [6.07, 6.45) is 1.68. The highest BCUT2D eigenvalue weighted by Crippen LogP contribution is 2.29. The van der Waals surface area contributed by atoms with E-state index >= 15 is 0 Å². The molecule has 6 nitrogen and oxygen atoms in total. The number of aromatic amines is 2. The second kappa shape index (κ2) is 8.88. The fourth-order valence-electron chi connectivity index (χ4n) is 3.78. The van der Waals surface area contributed by atoms with Crippen molar-refractivity contribution in [3.63, 3.8) is 0 Å². The van der Waals surface area contributed by atoms with Gasteiger partial charge in [0.15, 0.2) is 0 Å². The number of amides is 1. The minimum Gasteiger partial charge on any atom is -0.345 e. The van der Waals surface area contributed by atoms with E-state index in [4.69, 9.17) is 0 Å². The molecule has 2 aromatic heterocycles. The molecule has 7 heteroatoms. The number of fused-ring (bicyclic) bond motifs is 2. The number of thioether (sulfide) groups is 1. The van der Waals surface area contributed by atoms with Crippen molar-refractivity contribution in [1.29, 1.82) is 0 Å². The van der Waals surface area contributed by atoms with E-state index in [1.807, 2.05) is 72.8 Å². The van der Waals surface area contributed by atoms with Crippen LogP contribution in [0.2, 0.25) is 0 Å². The largest absolute Gasteiger partial charge is 0.345 e. The summed E-state index contributed by atoms with van der Waals surface area (Å²) in [5.74, 6) is 1.21. The Morgan fingerprint density at radius 3 is 2.62 bits per heavy atom. The average molecular weight is 442 g/mol. The summed E-state index contributed by atoms with van der Waals surface area (Å²) in [7, 11) is 0. The second-order valence-electron chi connectivity index (χ2n) is 7.68. The molecule has 0 radical (unpaired) electrons. The van der Waals surface area contributed by atoms with Crippen LogP contribution < -0.4 is 5.32 Å². The highest BCUT2D eigenvalue weighted by Gasteiger charge is 2.19. The zero-order valence-corrected chi connectivity index (χ0v) is 18.4. The predicted molar refractivity (Wildman–Crippen MR) is 129 cm³/mol. The van der Waals surface area contributed by atoms with Crippen LogP contribution in [0.4, 0.5) is 0 Å². The van der Waals surface area contributed by atoms with E-state index < -0.39 is 0 Å². The van der Waals surface area contributed by atoms with Crippen LogP contribution in [0.25, 0.3) is 22.1 Å². The Balaban J connectivity index is 1.31. The third-order valence-electron chi connectivity index (χ3n) is 5.47. The Morgan fingerprint density at radius 1 is 0.969 bits per heavy atom. The van der Waals surface area contributed by atoms with Crippen LogP contribution in [0.1, 0.15) is 35.2 Å². The van der Waals surface area contributed by atoms with Crippen LogP contribution >= 0.6 is 11.8 Å². The number of benzene rings is 3. The van der Waals surface area contributed by atoms with Crippen LogP contribution in [0.15, 0.2) is 79.1 Å². The molecule has 0 fully saturated rings. The molecule has 0 aliphatic carbocycles. The number of H-pyrrole nitrogens is 2. The molecule has 0 aliphatic rings. The van der Waals surface area contributed by atoms with E-state index in [1.54, 1.807) is 18.1 Å². The quantitative estimate of drug-likeness (QED) is 0.326. The van der Waals surface area contributed by atoms with Crippen molar-refractivity contribution in [2.45, 2.75) is 18.2 Å². The minimum absolute atomic E-state index is 0.0171. The Labute approximate surface area is 189 Å². The van der Waals surface area contributed by atoms with E-state index in [0.29, 0.717) is 5.75 Å². The van der Waals surface area contributed by atoms with Gasteiger partial charge in [-0.2, -0.15) is 0 Å². The third kappa shape index (κ3) is 4.24. The van der Waals surface area contributed by atoms with Crippen molar-refractivity contribution < 1.29 is 4.79 Å². The number of para-hydroxylation sites is 2. The van der Waals surface area contributed by atoms with Gasteiger partial charge in [-0.25, -0.2) is 9.97 Å². The molecule has 3 aromatic carbocycles. The number of aromatic nitrogens is 4. The maximum atomic E-state index is 12.9. The molecule has 5 aromatic rings. The van der Waals surface area contributed by atoms with Crippen molar-refractivity contribution in [1.82, 2.24) is 25.3 Å². The number of carbonyl (C=O) groups excluding carboxylic acids is 1. The summed E-state index contributed by atoms with van der Waals surface area (Å²) in [6, 6.07) is 23.8. The number of imidazole rings is 2. The first-order valence-corrected chi connectivity index (χ1v) is 11.6. The number of hydrogen-bond acceptors (Lipinski definition) is 4. The van der Waals surface area contributed by atoms with Crippen molar-refractivity contribution in [3.05, 3.63) is 96.1 Å². The van der Waals surface area contributed by atoms with Gasteiger partial charge in [0, 0.05) is 0 Å². The highest BCUT2D eigenvalue weighted by atomic mass is 32.2. The summed E-state index contributed by atoms with van der Waals surface area (Å²) in [6.45, 7) is 2.07. The molecule has 2 unspecified atom stereocenters. The molecule has 0 bridgehead atoms. The number of nitrogens with one attached hydrogen (secondary N) is 3. The molecule has 2 atom stereocenters. The molecule has 160 valence electrons. The molecular formula is C25H23N5OS. The lowest BCUT2D eigenvalue weighted by atomic mass is 9.98. The third-order valence-corrected chi connectivity index (χ3v) is 6.63. The SMILES string of the molecule is CC(SCC(=O)NC(c1ccccc1)c1ccc2nc[nH]c2c1)c1nc2ccccc2[nH]1. The summed E-state index contributed by atoms with van der Waals surface area (Å²) in [4.78, 5) is 28.4. The van der Waals surface area contributed by atoms with Gasteiger partial charge in [0.1, 0.15) is 5.82 Å². The predicted octanol–water partition coefficient (Wildman–Crippen LogP) is 5.14. The standard InChI is InChI=1S/C25H23N5OS/c1-16(25-28-20-9-5-6-10-21(20)29-25)32-14-23(31)30-24(17-7-3-2-4-8-17)18-11-12-19-22(13-18)27-15-26-19/h2-13,15-16,24H,14H2,1H3,(H,26,27)(H,28,29)(H,30,31). The van der Waals surface area contributed by atoms with Crippen LogP contribution in [-0.4, -0.2) is 31.6 Å². The monoisotopic (exact) mass is 441 g/mol. The zero-order chi connectivity index (χ0) is 21.9. The number of hydrogen-bond donors (Lipinski definition) is 3. The molecule has 0 saturated carbocycles. The van der Waals surface area contributed by atoms with Gasteiger partial charge in [0.25, 0.3) is 0 Å². The van der Waals surface area contributed by atoms with Crippen molar-refractivity contribution >= 4 is 39.7 Å². The summed E-state index contributed by atoms with van der Waals surface area (Å²) >= 11 is 1.57. The van der Waals surface area contributed by atoms with Crippen molar-refractivity contribution in [2.75, 3.05) is 5.75 Å². The summed E-state index contributed by atoms with van der Waals surface area (Å²) < 4.78 is 0. The van der Waals surface area contributed by atoms with E-state index in [0.717, 1.165) is 39.0 Å². The van der Waals surface area contributed by atoms with E-state index in [2.05, 4.69) is 32.2 Å². The lowest BCUT2D eigenvalue weighted by molar-refractivity contribution is -0.119. The Morgan fingerprint density at radius 2 is 1.78 bits per heavy atom. The van der Waals surface area contributed by atoms with Gasteiger partial charge >= 0.3 is 0 Å². The minimum atomic E-state index is -0.237. The Bertz CT molecular complexity index is 1330. The van der Waals surface area contributed by atoms with E-state index in [-0.39, 0.29) is 17.2 Å². The normalized spacial score (nSPS) is 13.3. The maximum Gasteiger partial charge on any atom is 0.230 e. The summed E-state index contributed by atoms with van der Waals surface area (Å²) in [5.41, 5.74) is 5.86. The fraction of sp³-hybridized carbons (Fsp3) is 0.160. The van der Waals surface area contributed by atoms with Gasteiger partial charge < -0.3 is 15.3 Å². The molecule has 1 amide bonds. The van der Waals surface area contributed by atoms with E-state index in [9.17, 15) is 4.79 Å². The number of nitrogens with zero attached hydrogens (tertiary/aromatic N) is 2. The molecule has 0 saturated heterocycles. The Hall–Kier alpha value is -3.58. The number of rotatable bonds is 7. The molecule has 32 heavy (non-hydrogen) atoms. The van der Waals surface area contributed by atoms with Gasteiger partial charge in [-0.1, -0.05) is 48.5 Å². The smallest absolute Gasteiger partial charge is 0.230 e. The zero-order valence-electron chi connectivity index (χ0n) is 17.6. The summed E-state index contributed by atoms with van der Waals surface area (Å²) in [5, 5.41) is 3.29. The van der Waals surface area contributed by atoms with Gasteiger partial charge in [-0.05, 0) is 42.3 Å². The first-order chi connectivity index (χ1) is 15.7. The van der Waals surface area contributed by atoms with Crippen LogP contribution in [0.3, 0.4) is 0 Å². The topological polar surface area (TPSA) is 86.5 Å². The van der Waals surface area contributed by atoms with Crippen LogP contribution in [-0.2, 0) is 4.79 Å². The average Bonchev–Trinajstić information content (AvgIpc) is 3.48. The molecular weight excluding hydrogens is 418 g/mol. The van der Waals surface area contributed by atoms with Crippen molar-refractivity contribution in [3.8, 4) is 0 Å². The lowest BCUT2D eigenvalue weighted by Gasteiger charge is -2.20. The van der Waals surface area contributed by atoms with Gasteiger partial charge in [-0.3, -0.25) is 4.79 Å². The molecule has 0 spiro atoms. The fourth-order valence-corrected chi connectivity index (χ4v) is 4.54. The van der Waals surface area contributed by atoms with Gasteiger partial charge in [0.2, 0.25) is 5.91 Å². The number of carbonyl (C=O) groups is 1. The lowest BCUT2D eigenvalue weighted by Crippen LogP contribution is -2.30. The molecule has 2 heterocycles. The van der Waals surface area contributed by atoms with E-state index in [1.165, 1.54) is 0 Å². The molecule has 0 aliphatic heterocycles. The highest BCUT2D eigenvalue weighted by molar-refractivity contribution is 8.00. The first-order valence-electron chi connectivity index (χ1n) is 10.5. The van der Waals surface area contributed by atoms with Gasteiger partial charge in [-0.15, -0.1) is 11.8 Å². The maximum absolute atomic E-state index is 12.9. The molecule has 3 N–H and O–H groups in total. The van der Waals surface area contributed by atoms with Crippen molar-refractivity contribution in [2.24, 2.45) is 0 Å². The van der Waals surface area contributed by atoms with Crippen LogP contribution in [0, 0.1) is 0 Å². The van der Waals surface area contributed by atoms with Crippen LogP contribution in [0.5, 0.6) is 0 Å². The van der Waals surface area contributed by atoms with Gasteiger partial charge in [0.05, 0.1) is 45.4 Å². The first kappa shape index (κ1) is 20.3. The molecule has 5 rings (SSSR count).